The van der Waals surface area contributed by atoms with Crippen LogP contribution < -0.4 is 9.64 Å². The summed E-state index contributed by atoms with van der Waals surface area (Å²) in [4.78, 5) is 27.1. The van der Waals surface area contributed by atoms with E-state index in [1.165, 1.54) is 19.3 Å². The fraction of sp³-hybridized carbons (Fsp3) is 0.459. The lowest BCUT2D eigenvalue weighted by atomic mass is 9.96. The number of aromatic nitrogens is 3. The number of hydrogen-bond acceptors (Lipinski definition) is 7. The molecular formula is C37H43FN4O3Si. The zero-order valence-electron chi connectivity index (χ0n) is 27.6. The van der Waals surface area contributed by atoms with E-state index < -0.39 is 13.9 Å². The molecule has 9 heteroatoms. The van der Waals surface area contributed by atoms with Gasteiger partial charge in [0, 0.05) is 35.8 Å². The highest BCUT2D eigenvalue weighted by atomic mass is 28.3. The summed E-state index contributed by atoms with van der Waals surface area (Å²) in [6, 6.07) is 8.97. The van der Waals surface area contributed by atoms with Gasteiger partial charge in [-0.05, 0) is 71.3 Å². The summed E-state index contributed by atoms with van der Waals surface area (Å²) in [6.45, 7) is 15.1. The number of rotatable bonds is 8. The van der Waals surface area contributed by atoms with Gasteiger partial charge < -0.3 is 14.7 Å². The van der Waals surface area contributed by atoms with Crippen molar-refractivity contribution in [3.63, 3.8) is 0 Å². The normalized spacial score (nSPS) is 18.1. The first-order valence-electron chi connectivity index (χ1n) is 16.5. The number of aldehydes is 1. The van der Waals surface area contributed by atoms with Gasteiger partial charge in [0.2, 0.25) is 0 Å². The maximum atomic E-state index is 16.8. The van der Waals surface area contributed by atoms with Crippen LogP contribution in [0.2, 0.25) is 16.6 Å². The summed E-state index contributed by atoms with van der Waals surface area (Å²) < 4.78 is 22.4. The fourth-order valence-electron chi connectivity index (χ4n) is 8.32. The Kier molecular flexibility index (Phi) is 8.77. The SMILES string of the molecule is CC(C)[Si](C#Cc1cccc2cc(O)cc(-c3ncc4c(N5CC6CCC(C6)C5)nc(OCC=O)nc4c3F)c12)(C(C)C)C(C)C. The van der Waals surface area contributed by atoms with Gasteiger partial charge in [0.25, 0.3) is 0 Å². The molecule has 1 aliphatic carbocycles. The molecule has 6 rings (SSSR count). The van der Waals surface area contributed by atoms with Crippen molar-refractivity contribution in [3.8, 4) is 34.5 Å². The number of piperidine rings is 1. The van der Waals surface area contributed by atoms with E-state index in [1.807, 2.05) is 18.2 Å². The van der Waals surface area contributed by atoms with Gasteiger partial charge >= 0.3 is 6.01 Å². The van der Waals surface area contributed by atoms with Crippen molar-refractivity contribution >= 4 is 41.9 Å². The summed E-state index contributed by atoms with van der Waals surface area (Å²) in [5.74, 6) is 4.64. The maximum absolute atomic E-state index is 16.8. The van der Waals surface area contributed by atoms with E-state index in [9.17, 15) is 9.90 Å². The molecule has 2 unspecified atom stereocenters. The van der Waals surface area contributed by atoms with Crippen molar-refractivity contribution in [2.24, 2.45) is 11.8 Å². The number of carbonyl (C=O) groups is 1. The molecule has 4 aromatic rings. The Morgan fingerprint density at radius 3 is 2.41 bits per heavy atom. The Morgan fingerprint density at radius 2 is 1.76 bits per heavy atom. The lowest BCUT2D eigenvalue weighted by Gasteiger charge is -2.38. The second-order valence-electron chi connectivity index (χ2n) is 14.0. The van der Waals surface area contributed by atoms with E-state index in [2.05, 4.69) is 72.9 Å². The van der Waals surface area contributed by atoms with Crippen molar-refractivity contribution < 1.29 is 19.0 Å². The Hall–Kier alpha value is -4.03. The Morgan fingerprint density at radius 1 is 1.07 bits per heavy atom. The first-order chi connectivity index (χ1) is 22.0. The predicted molar refractivity (Wildman–Crippen MR) is 184 cm³/mol. The Bertz CT molecular complexity index is 1830. The number of fused-ring (bicyclic) bond motifs is 4. The largest absolute Gasteiger partial charge is 0.508 e. The van der Waals surface area contributed by atoms with E-state index in [4.69, 9.17) is 4.74 Å². The highest BCUT2D eigenvalue weighted by molar-refractivity contribution is 6.90. The Labute approximate surface area is 271 Å². The number of pyridine rings is 1. The molecular weight excluding hydrogens is 596 g/mol. The minimum absolute atomic E-state index is 0.00587. The highest BCUT2D eigenvalue weighted by Gasteiger charge is 2.42. The molecule has 3 heterocycles. The number of aromatic hydroxyl groups is 1. The quantitative estimate of drug-likeness (QED) is 0.119. The van der Waals surface area contributed by atoms with Crippen molar-refractivity contribution in [1.29, 1.82) is 0 Å². The van der Waals surface area contributed by atoms with E-state index in [0.717, 1.165) is 29.4 Å². The van der Waals surface area contributed by atoms with Gasteiger partial charge in [0.1, 0.15) is 37.5 Å². The van der Waals surface area contributed by atoms with Crippen LogP contribution >= 0.6 is 0 Å². The minimum atomic E-state index is -2.06. The lowest BCUT2D eigenvalue weighted by molar-refractivity contribution is -0.109. The topological polar surface area (TPSA) is 88.4 Å². The van der Waals surface area contributed by atoms with Crippen LogP contribution in [-0.4, -0.2) is 54.1 Å². The van der Waals surface area contributed by atoms with Crippen LogP contribution in [0.5, 0.6) is 11.8 Å². The monoisotopic (exact) mass is 638 g/mol. The second kappa shape index (κ2) is 12.6. The minimum Gasteiger partial charge on any atom is -0.508 e. The number of ether oxygens (including phenoxy) is 1. The van der Waals surface area contributed by atoms with Gasteiger partial charge in [-0.25, -0.2) is 4.39 Å². The molecule has 46 heavy (non-hydrogen) atoms. The maximum Gasteiger partial charge on any atom is 0.319 e. The van der Waals surface area contributed by atoms with Crippen LogP contribution in [0.4, 0.5) is 10.2 Å². The lowest BCUT2D eigenvalue weighted by Crippen LogP contribution is -2.43. The zero-order chi connectivity index (χ0) is 32.7. The second-order valence-corrected chi connectivity index (χ2v) is 19.6. The van der Waals surface area contributed by atoms with Gasteiger partial charge in [-0.3, -0.25) is 9.78 Å². The molecule has 240 valence electrons. The summed E-state index contributed by atoms with van der Waals surface area (Å²) in [5, 5.41) is 12.8. The van der Waals surface area contributed by atoms with E-state index in [1.54, 1.807) is 18.3 Å². The van der Waals surface area contributed by atoms with Gasteiger partial charge in [-0.15, -0.1) is 5.54 Å². The highest BCUT2D eigenvalue weighted by Crippen LogP contribution is 2.43. The number of halogens is 1. The van der Waals surface area contributed by atoms with Gasteiger partial charge in [-0.2, -0.15) is 9.97 Å². The fourth-order valence-corrected chi connectivity index (χ4v) is 13.5. The van der Waals surface area contributed by atoms with Crippen molar-refractivity contribution in [2.75, 3.05) is 24.6 Å². The first-order valence-corrected chi connectivity index (χ1v) is 18.7. The van der Waals surface area contributed by atoms with Gasteiger partial charge in [-0.1, -0.05) is 59.6 Å². The number of nitrogens with zero attached hydrogens (tertiary/aromatic N) is 4. The smallest absolute Gasteiger partial charge is 0.319 e. The van der Waals surface area contributed by atoms with Crippen LogP contribution in [0.25, 0.3) is 32.9 Å². The molecule has 2 atom stereocenters. The molecule has 2 aromatic carbocycles. The molecule has 2 bridgehead atoms. The standard InChI is InChI=1S/C37H43FN4O3Si/c1-22(2)46(23(3)4,24(5)6)15-12-27-8-7-9-28-17-29(44)18-30(32(27)28)34-33(38)35-31(19-39-34)36(41-37(40-35)45-14-13-43)42-20-25-10-11-26(16-25)21-42/h7-9,13,17-19,22-26,44H,10-11,14,16,20-21H2,1-6H3. The third-order valence-electron chi connectivity index (χ3n) is 10.3. The summed E-state index contributed by atoms with van der Waals surface area (Å²) in [5.41, 5.74) is 6.52. The summed E-state index contributed by atoms with van der Waals surface area (Å²) >= 11 is 0. The van der Waals surface area contributed by atoms with Crippen molar-refractivity contribution in [3.05, 3.63) is 47.9 Å². The van der Waals surface area contributed by atoms with Crippen LogP contribution in [0.3, 0.4) is 0 Å². The van der Waals surface area contributed by atoms with E-state index in [-0.39, 0.29) is 29.6 Å². The number of phenols is 1. The van der Waals surface area contributed by atoms with Crippen LogP contribution in [-0.2, 0) is 4.79 Å². The number of benzene rings is 2. The average molecular weight is 639 g/mol. The van der Waals surface area contributed by atoms with Crippen molar-refractivity contribution in [1.82, 2.24) is 15.0 Å². The number of phenolic OH excluding ortho intramolecular Hbond substituents is 1. The molecule has 1 N–H and O–H groups in total. The zero-order valence-corrected chi connectivity index (χ0v) is 28.6. The number of hydrogen-bond donors (Lipinski definition) is 1. The van der Waals surface area contributed by atoms with E-state index >= 15 is 4.39 Å². The molecule has 1 saturated carbocycles. The molecule has 1 saturated heterocycles. The first kappa shape index (κ1) is 31.9. The summed E-state index contributed by atoms with van der Waals surface area (Å²) in [7, 11) is -2.06. The Balaban J connectivity index is 1.56. The molecule has 7 nitrogen and oxygen atoms in total. The van der Waals surface area contributed by atoms with Crippen molar-refractivity contribution in [2.45, 2.75) is 77.4 Å². The molecule has 2 aromatic heterocycles. The number of carbonyl (C=O) groups excluding carboxylic acids is 1. The third-order valence-corrected chi connectivity index (χ3v) is 16.6. The van der Waals surface area contributed by atoms with Crippen LogP contribution in [0.1, 0.15) is 66.4 Å². The van der Waals surface area contributed by atoms with E-state index in [0.29, 0.717) is 51.5 Å². The molecule has 2 aliphatic rings. The summed E-state index contributed by atoms with van der Waals surface area (Å²) in [6.07, 6.45) is 5.82. The molecule has 0 spiro atoms. The third kappa shape index (κ3) is 5.61. The molecule has 2 fully saturated rings. The number of anilines is 1. The van der Waals surface area contributed by atoms with Gasteiger partial charge in [0.05, 0.1) is 5.39 Å². The predicted octanol–water partition coefficient (Wildman–Crippen LogP) is 8.07. The van der Waals surface area contributed by atoms with Crippen LogP contribution in [0, 0.1) is 29.1 Å². The van der Waals surface area contributed by atoms with Crippen LogP contribution in [0.15, 0.2) is 36.5 Å². The molecule has 0 amide bonds. The molecule has 1 aliphatic heterocycles. The average Bonchev–Trinajstić information content (AvgIpc) is 3.36. The van der Waals surface area contributed by atoms with Gasteiger partial charge in [0.15, 0.2) is 12.1 Å². The molecule has 0 radical (unpaired) electrons.